The van der Waals surface area contributed by atoms with Gasteiger partial charge in [0.15, 0.2) is 0 Å². The standard InChI is InChI=1S/C19H23NO4/c1-14-11-20(23-13-15-9-7-6-8-10-15)16(12-21)19(14,5)17(22)24-18(2,3)4/h6-10H,1,11,13H2,2-5H3/t19-/m0/s1. The van der Waals surface area contributed by atoms with E-state index in [2.05, 4.69) is 6.58 Å². The van der Waals surface area contributed by atoms with Gasteiger partial charge in [0, 0.05) is 0 Å². The second-order valence-electron chi connectivity index (χ2n) is 6.98. The number of esters is 1. The Kier molecular flexibility index (Phi) is 4.97. The zero-order valence-corrected chi connectivity index (χ0v) is 14.6. The molecule has 0 radical (unpaired) electrons. The lowest BCUT2D eigenvalue weighted by Gasteiger charge is -2.29. The van der Waals surface area contributed by atoms with Gasteiger partial charge in [-0.15, -0.1) is 0 Å². The van der Waals surface area contributed by atoms with E-state index in [1.54, 1.807) is 27.7 Å². The van der Waals surface area contributed by atoms with Crippen LogP contribution < -0.4 is 0 Å². The van der Waals surface area contributed by atoms with Gasteiger partial charge >= 0.3 is 5.97 Å². The van der Waals surface area contributed by atoms with Crippen molar-refractivity contribution in [3.05, 3.63) is 53.7 Å². The Morgan fingerprint density at radius 3 is 2.50 bits per heavy atom. The first-order valence-electron chi connectivity index (χ1n) is 7.80. The second kappa shape index (κ2) is 6.63. The summed E-state index contributed by atoms with van der Waals surface area (Å²) in [6.45, 7) is 11.4. The second-order valence-corrected chi connectivity index (χ2v) is 6.98. The van der Waals surface area contributed by atoms with Gasteiger partial charge < -0.3 is 4.74 Å². The summed E-state index contributed by atoms with van der Waals surface area (Å²) in [5.41, 5.74) is -0.321. The lowest BCUT2D eigenvalue weighted by atomic mass is 9.83. The van der Waals surface area contributed by atoms with Crippen LogP contribution in [-0.2, 0) is 25.8 Å². The minimum atomic E-state index is -1.26. The number of ether oxygens (including phenoxy) is 1. The SMILES string of the molecule is C=C1CN(OCc2ccccc2)C(=C=O)[C@@]1(C)C(=O)OC(C)(C)C. The predicted molar refractivity (Wildman–Crippen MR) is 90.2 cm³/mol. The monoisotopic (exact) mass is 329 g/mol. The van der Waals surface area contributed by atoms with Crippen LogP contribution in [0.2, 0.25) is 0 Å². The van der Waals surface area contributed by atoms with E-state index >= 15 is 0 Å². The summed E-state index contributed by atoms with van der Waals surface area (Å²) in [6.07, 6.45) is 0. The van der Waals surface area contributed by atoms with Gasteiger partial charge in [-0.1, -0.05) is 36.9 Å². The number of carbonyl (C=O) groups is 1. The Labute approximate surface area is 142 Å². The molecule has 0 aliphatic carbocycles. The van der Waals surface area contributed by atoms with Crippen molar-refractivity contribution in [2.45, 2.75) is 39.9 Å². The van der Waals surface area contributed by atoms with Crippen molar-refractivity contribution < 1.29 is 19.2 Å². The highest BCUT2D eigenvalue weighted by molar-refractivity contribution is 5.88. The highest BCUT2D eigenvalue weighted by atomic mass is 16.7. The number of hydrogen-bond donors (Lipinski definition) is 0. The normalized spacial score (nSPS) is 20.9. The molecule has 1 aromatic carbocycles. The first kappa shape index (κ1) is 18.0. The zero-order chi connectivity index (χ0) is 18.0. The third kappa shape index (κ3) is 3.58. The van der Waals surface area contributed by atoms with E-state index in [1.165, 1.54) is 5.06 Å². The zero-order valence-electron chi connectivity index (χ0n) is 14.6. The molecule has 24 heavy (non-hydrogen) atoms. The quantitative estimate of drug-likeness (QED) is 0.483. The van der Waals surface area contributed by atoms with Gasteiger partial charge in [-0.05, 0) is 38.8 Å². The largest absolute Gasteiger partial charge is 0.459 e. The summed E-state index contributed by atoms with van der Waals surface area (Å²) in [5.74, 6) is 1.32. The predicted octanol–water partition coefficient (Wildman–Crippen LogP) is 3.05. The number of carbonyl (C=O) groups excluding carboxylic acids is 2. The van der Waals surface area contributed by atoms with E-state index in [4.69, 9.17) is 9.57 Å². The number of rotatable bonds is 4. The Hall–Kier alpha value is -2.36. The van der Waals surface area contributed by atoms with Crippen LogP contribution in [0.5, 0.6) is 0 Å². The Balaban J connectivity index is 2.18. The minimum Gasteiger partial charge on any atom is -0.459 e. The molecular formula is C19H23NO4. The fraction of sp³-hybridized carbons (Fsp3) is 0.421. The molecule has 1 aliphatic rings. The van der Waals surface area contributed by atoms with E-state index in [0.29, 0.717) is 5.57 Å². The fourth-order valence-corrected chi connectivity index (χ4v) is 2.44. The van der Waals surface area contributed by atoms with Crippen molar-refractivity contribution in [3.8, 4) is 0 Å². The molecule has 0 amide bonds. The van der Waals surface area contributed by atoms with E-state index in [1.807, 2.05) is 36.3 Å². The Morgan fingerprint density at radius 1 is 1.33 bits per heavy atom. The maximum Gasteiger partial charge on any atom is 0.323 e. The van der Waals surface area contributed by atoms with Crippen LogP contribution in [-0.4, -0.2) is 29.1 Å². The van der Waals surface area contributed by atoms with E-state index in [9.17, 15) is 9.59 Å². The summed E-state index contributed by atoms with van der Waals surface area (Å²) >= 11 is 0. The average Bonchev–Trinajstić information content (AvgIpc) is 2.76. The molecule has 0 saturated carbocycles. The van der Waals surface area contributed by atoms with Crippen molar-refractivity contribution in [1.29, 1.82) is 0 Å². The number of hydroxylamine groups is 2. The smallest absolute Gasteiger partial charge is 0.323 e. The maximum atomic E-state index is 12.6. The van der Waals surface area contributed by atoms with Crippen LogP contribution in [0.3, 0.4) is 0 Å². The third-order valence-corrected chi connectivity index (χ3v) is 3.90. The molecule has 1 aliphatic heterocycles. The molecule has 128 valence electrons. The van der Waals surface area contributed by atoms with Crippen LogP contribution in [0.15, 0.2) is 48.2 Å². The van der Waals surface area contributed by atoms with E-state index in [0.717, 1.165) is 5.56 Å². The van der Waals surface area contributed by atoms with Crippen molar-refractivity contribution in [1.82, 2.24) is 5.06 Å². The number of nitrogens with zero attached hydrogens (tertiary/aromatic N) is 1. The molecule has 2 rings (SSSR count). The van der Waals surface area contributed by atoms with Crippen LogP contribution >= 0.6 is 0 Å². The molecule has 5 nitrogen and oxygen atoms in total. The first-order chi connectivity index (χ1) is 11.2. The van der Waals surface area contributed by atoms with Gasteiger partial charge in [0.05, 0.1) is 13.2 Å². The van der Waals surface area contributed by atoms with E-state index in [-0.39, 0.29) is 18.8 Å². The summed E-state index contributed by atoms with van der Waals surface area (Å²) in [6, 6.07) is 9.56. The molecule has 1 saturated heterocycles. The van der Waals surface area contributed by atoms with Gasteiger partial charge in [0.25, 0.3) is 0 Å². The highest BCUT2D eigenvalue weighted by Gasteiger charge is 2.52. The molecule has 1 aromatic rings. The number of hydrogen-bond acceptors (Lipinski definition) is 5. The molecule has 0 aromatic heterocycles. The summed E-state index contributed by atoms with van der Waals surface area (Å²) in [7, 11) is 0. The number of benzene rings is 1. The van der Waals surface area contributed by atoms with Gasteiger partial charge in [-0.2, -0.15) is 0 Å². The van der Waals surface area contributed by atoms with E-state index < -0.39 is 17.0 Å². The molecule has 1 heterocycles. The van der Waals surface area contributed by atoms with Crippen LogP contribution in [0.25, 0.3) is 0 Å². The van der Waals surface area contributed by atoms with Crippen molar-refractivity contribution in [2.24, 2.45) is 5.41 Å². The molecular weight excluding hydrogens is 306 g/mol. The molecule has 0 unspecified atom stereocenters. The highest BCUT2D eigenvalue weighted by Crippen LogP contribution is 2.44. The lowest BCUT2D eigenvalue weighted by Crippen LogP contribution is -2.37. The molecule has 0 spiro atoms. The lowest BCUT2D eigenvalue weighted by molar-refractivity contribution is -0.165. The summed E-state index contributed by atoms with van der Waals surface area (Å²) in [5, 5.41) is 1.38. The van der Waals surface area contributed by atoms with Gasteiger partial charge in [0.1, 0.15) is 22.7 Å². The van der Waals surface area contributed by atoms with Crippen molar-refractivity contribution in [3.63, 3.8) is 0 Å². The van der Waals surface area contributed by atoms with Crippen molar-refractivity contribution in [2.75, 3.05) is 6.54 Å². The van der Waals surface area contributed by atoms with Gasteiger partial charge in [0.2, 0.25) is 0 Å². The van der Waals surface area contributed by atoms with Gasteiger partial charge in [-0.3, -0.25) is 9.63 Å². The van der Waals surface area contributed by atoms with Gasteiger partial charge in [-0.25, -0.2) is 9.86 Å². The molecule has 1 fully saturated rings. The molecule has 0 N–H and O–H groups in total. The molecule has 5 heteroatoms. The van der Waals surface area contributed by atoms with Crippen LogP contribution in [0.4, 0.5) is 0 Å². The summed E-state index contributed by atoms with van der Waals surface area (Å²) < 4.78 is 5.46. The van der Waals surface area contributed by atoms with Crippen LogP contribution in [0, 0.1) is 5.41 Å². The third-order valence-electron chi connectivity index (χ3n) is 3.90. The first-order valence-corrected chi connectivity index (χ1v) is 7.80. The Bertz CT molecular complexity index is 683. The average molecular weight is 329 g/mol. The minimum absolute atomic E-state index is 0.0951. The molecule has 1 atom stereocenters. The maximum absolute atomic E-state index is 12.6. The van der Waals surface area contributed by atoms with Crippen LogP contribution in [0.1, 0.15) is 33.3 Å². The fourth-order valence-electron chi connectivity index (χ4n) is 2.44. The summed E-state index contributed by atoms with van der Waals surface area (Å²) in [4.78, 5) is 29.8. The topological polar surface area (TPSA) is 55.8 Å². The molecule has 0 bridgehead atoms. The van der Waals surface area contributed by atoms with Crippen molar-refractivity contribution >= 4 is 11.9 Å². The Morgan fingerprint density at radius 2 is 1.96 bits per heavy atom.